The summed E-state index contributed by atoms with van der Waals surface area (Å²) in [5.74, 6) is 0. The first-order valence-electron chi connectivity index (χ1n) is 8.27. The van der Waals surface area contributed by atoms with Crippen molar-refractivity contribution in [2.75, 3.05) is 39.3 Å². The van der Waals surface area contributed by atoms with Crippen molar-refractivity contribution < 1.29 is 13.2 Å². The molecule has 23 heavy (non-hydrogen) atoms. The Morgan fingerprint density at radius 1 is 1.17 bits per heavy atom. The Bertz CT molecular complexity index is 538. The molecule has 2 fully saturated rings. The van der Waals surface area contributed by atoms with Gasteiger partial charge in [-0.25, -0.2) is 0 Å². The number of halogens is 3. The van der Waals surface area contributed by atoms with Crippen molar-refractivity contribution in [3.8, 4) is 0 Å². The van der Waals surface area contributed by atoms with E-state index in [1.54, 1.807) is 13.0 Å². The molecule has 1 atom stereocenters. The molecule has 1 unspecified atom stereocenters. The van der Waals surface area contributed by atoms with E-state index in [9.17, 15) is 13.2 Å². The van der Waals surface area contributed by atoms with Crippen molar-refractivity contribution in [1.82, 2.24) is 15.1 Å². The third-order valence-electron chi connectivity index (χ3n) is 4.98. The SMILES string of the molecule is Cc1cc(C(F)(F)F)ccc1CN1CCC(N2CCNCC2)C1. The third-order valence-corrected chi connectivity index (χ3v) is 4.98. The van der Waals surface area contributed by atoms with Gasteiger partial charge in [0.25, 0.3) is 0 Å². The van der Waals surface area contributed by atoms with E-state index in [4.69, 9.17) is 0 Å². The summed E-state index contributed by atoms with van der Waals surface area (Å²) in [7, 11) is 0. The number of likely N-dealkylation sites (tertiary alicyclic amines) is 1. The normalized spacial score (nSPS) is 24.3. The highest BCUT2D eigenvalue weighted by Crippen LogP contribution is 2.31. The van der Waals surface area contributed by atoms with Crippen LogP contribution in [0.4, 0.5) is 13.2 Å². The summed E-state index contributed by atoms with van der Waals surface area (Å²) in [5, 5.41) is 3.37. The monoisotopic (exact) mass is 327 g/mol. The Kier molecular flexibility index (Phi) is 4.94. The lowest BCUT2D eigenvalue weighted by Gasteiger charge is -2.32. The Morgan fingerprint density at radius 2 is 1.91 bits per heavy atom. The van der Waals surface area contributed by atoms with Crippen LogP contribution in [0, 0.1) is 6.92 Å². The molecular weight excluding hydrogens is 303 g/mol. The predicted octanol–water partition coefficient (Wildman–Crippen LogP) is 2.49. The maximum atomic E-state index is 12.7. The van der Waals surface area contributed by atoms with Crippen molar-refractivity contribution in [3.63, 3.8) is 0 Å². The van der Waals surface area contributed by atoms with E-state index in [1.807, 2.05) is 0 Å². The fourth-order valence-electron chi connectivity index (χ4n) is 3.59. The molecule has 3 rings (SSSR count). The first-order valence-corrected chi connectivity index (χ1v) is 8.27. The number of nitrogens with zero attached hydrogens (tertiary/aromatic N) is 2. The quantitative estimate of drug-likeness (QED) is 0.920. The van der Waals surface area contributed by atoms with Crippen LogP contribution in [-0.4, -0.2) is 55.1 Å². The van der Waals surface area contributed by atoms with Gasteiger partial charge in [-0.1, -0.05) is 6.07 Å². The highest BCUT2D eigenvalue weighted by atomic mass is 19.4. The second-order valence-electron chi connectivity index (χ2n) is 6.60. The Labute approximate surface area is 135 Å². The highest BCUT2D eigenvalue weighted by Gasteiger charge is 2.31. The number of aryl methyl sites for hydroxylation is 1. The summed E-state index contributed by atoms with van der Waals surface area (Å²) in [4.78, 5) is 4.90. The van der Waals surface area contributed by atoms with Gasteiger partial charge >= 0.3 is 6.18 Å². The van der Waals surface area contributed by atoms with Crippen LogP contribution >= 0.6 is 0 Å². The van der Waals surface area contributed by atoms with Crippen LogP contribution in [0.5, 0.6) is 0 Å². The van der Waals surface area contributed by atoms with Crippen molar-refractivity contribution in [3.05, 3.63) is 34.9 Å². The zero-order chi connectivity index (χ0) is 16.4. The van der Waals surface area contributed by atoms with Gasteiger partial charge in [-0.2, -0.15) is 13.2 Å². The molecule has 2 aliphatic heterocycles. The minimum Gasteiger partial charge on any atom is -0.314 e. The van der Waals surface area contributed by atoms with Gasteiger partial charge in [0.2, 0.25) is 0 Å². The third kappa shape index (κ3) is 4.05. The molecule has 0 amide bonds. The maximum absolute atomic E-state index is 12.7. The van der Waals surface area contributed by atoms with Crippen molar-refractivity contribution in [2.45, 2.75) is 32.1 Å². The number of benzene rings is 1. The largest absolute Gasteiger partial charge is 0.416 e. The number of alkyl halides is 3. The number of hydrogen-bond donors (Lipinski definition) is 1. The highest BCUT2D eigenvalue weighted by molar-refractivity contribution is 5.32. The van der Waals surface area contributed by atoms with Gasteiger partial charge in [0.05, 0.1) is 5.56 Å². The van der Waals surface area contributed by atoms with E-state index in [2.05, 4.69) is 15.1 Å². The van der Waals surface area contributed by atoms with Crippen LogP contribution in [0.3, 0.4) is 0 Å². The van der Waals surface area contributed by atoms with E-state index in [-0.39, 0.29) is 0 Å². The summed E-state index contributed by atoms with van der Waals surface area (Å²) in [6, 6.07) is 4.69. The summed E-state index contributed by atoms with van der Waals surface area (Å²) in [6.07, 6.45) is -3.11. The van der Waals surface area contributed by atoms with Crippen molar-refractivity contribution in [1.29, 1.82) is 0 Å². The average Bonchev–Trinajstić information content (AvgIpc) is 2.98. The van der Waals surface area contributed by atoms with Gasteiger partial charge in [-0.3, -0.25) is 9.80 Å². The molecule has 1 aromatic carbocycles. The van der Waals surface area contributed by atoms with E-state index in [0.717, 1.165) is 63.4 Å². The predicted molar refractivity (Wildman–Crippen MR) is 84.3 cm³/mol. The second-order valence-corrected chi connectivity index (χ2v) is 6.60. The molecule has 0 spiro atoms. The lowest BCUT2D eigenvalue weighted by molar-refractivity contribution is -0.137. The van der Waals surface area contributed by atoms with Gasteiger partial charge in [0.15, 0.2) is 0 Å². The molecule has 2 saturated heterocycles. The fourth-order valence-corrected chi connectivity index (χ4v) is 3.59. The van der Waals surface area contributed by atoms with Gasteiger partial charge in [0.1, 0.15) is 0 Å². The molecule has 3 nitrogen and oxygen atoms in total. The molecule has 128 valence electrons. The molecule has 0 saturated carbocycles. The molecule has 2 aliphatic rings. The molecule has 1 N–H and O–H groups in total. The summed E-state index contributed by atoms with van der Waals surface area (Å²) < 4.78 is 38.2. The summed E-state index contributed by atoms with van der Waals surface area (Å²) in [6.45, 7) is 8.84. The van der Waals surface area contributed by atoms with Gasteiger partial charge < -0.3 is 5.32 Å². The van der Waals surface area contributed by atoms with Crippen molar-refractivity contribution >= 4 is 0 Å². The van der Waals surface area contributed by atoms with Crippen LogP contribution in [0.15, 0.2) is 18.2 Å². The second kappa shape index (κ2) is 6.79. The number of hydrogen-bond acceptors (Lipinski definition) is 3. The molecule has 0 aromatic heterocycles. The standard InChI is InChI=1S/C17H24F3N3/c1-13-10-15(17(18,19)20)3-2-14(13)11-22-7-4-16(12-22)23-8-5-21-6-9-23/h2-3,10,16,21H,4-9,11-12H2,1H3. The van der Waals surface area contributed by atoms with E-state index in [0.29, 0.717) is 6.04 Å². The molecular formula is C17H24F3N3. The molecule has 0 aliphatic carbocycles. The van der Waals surface area contributed by atoms with Crippen LogP contribution < -0.4 is 5.32 Å². The van der Waals surface area contributed by atoms with Crippen molar-refractivity contribution in [2.24, 2.45) is 0 Å². The van der Waals surface area contributed by atoms with E-state index >= 15 is 0 Å². The lowest BCUT2D eigenvalue weighted by Crippen LogP contribution is -2.49. The van der Waals surface area contributed by atoms with Gasteiger partial charge in [-0.15, -0.1) is 0 Å². The van der Waals surface area contributed by atoms with E-state index in [1.165, 1.54) is 12.1 Å². The van der Waals surface area contributed by atoms with Crippen LogP contribution in [0.25, 0.3) is 0 Å². The minimum absolute atomic E-state index is 0.557. The lowest BCUT2D eigenvalue weighted by atomic mass is 10.0. The topological polar surface area (TPSA) is 18.5 Å². The number of piperazine rings is 1. The zero-order valence-corrected chi connectivity index (χ0v) is 13.5. The summed E-state index contributed by atoms with van der Waals surface area (Å²) in [5.41, 5.74) is 1.17. The summed E-state index contributed by atoms with van der Waals surface area (Å²) >= 11 is 0. The smallest absolute Gasteiger partial charge is 0.314 e. The number of nitrogens with one attached hydrogen (secondary N) is 1. The molecule has 2 heterocycles. The van der Waals surface area contributed by atoms with Crippen LogP contribution in [0.1, 0.15) is 23.1 Å². The zero-order valence-electron chi connectivity index (χ0n) is 13.5. The van der Waals surface area contributed by atoms with Gasteiger partial charge in [0, 0.05) is 51.9 Å². The molecule has 6 heteroatoms. The van der Waals surface area contributed by atoms with Gasteiger partial charge in [-0.05, 0) is 36.6 Å². The minimum atomic E-state index is -4.26. The molecule has 0 bridgehead atoms. The molecule has 0 radical (unpaired) electrons. The first-order chi connectivity index (χ1) is 10.9. The average molecular weight is 327 g/mol. The number of rotatable bonds is 3. The Balaban J connectivity index is 1.60. The Hall–Kier alpha value is -1.11. The maximum Gasteiger partial charge on any atom is 0.416 e. The van der Waals surface area contributed by atoms with E-state index < -0.39 is 11.7 Å². The molecule has 1 aromatic rings. The van der Waals surface area contributed by atoms with Crippen LogP contribution in [-0.2, 0) is 12.7 Å². The van der Waals surface area contributed by atoms with Crippen LogP contribution in [0.2, 0.25) is 0 Å². The first kappa shape index (κ1) is 16.7. The fraction of sp³-hybridized carbons (Fsp3) is 0.647. The Morgan fingerprint density at radius 3 is 2.57 bits per heavy atom.